The summed E-state index contributed by atoms with van der Waals surface area (Å²) in [6.07, 6.45) is 1.69. The van der Waals surface area contributed by atoms with E-state index in [0.717, 1.165) is 15.8 Å². The molecule has 0 aliphatic rings. The summed E-state index contributed by atoms with van der Waals surface area (Å²) in [4.78, 5) is 32.8. The number of hydrogen-bond acceptors (Lipinski definition) is 6. The van der Waals surface area contributed by atoms with Crippen LogP contribution in [-0.2, 0) is 14.1 Å². The minimum absolute atomic E-state index is 0.124. The summed E-state index contributed by atoms with van der Waals surface area (Å²) in [5, 5.41) is 12.3. The van der Waals surface area contributed by atoms with Crippen molar-refractivity contribution in [2.24, 2.45) is 14.1 Å². The zero-order valence-electron chi connectivity index (χ0n) is 14.5. The number of benzene rings is 1. The first kappa shape index (κ1) is 17.1. The topological polar surface area (TPSA) is 106 Å². The van der Waals surface area contributed by atoms with Crippen molar-refractivity contribution in [2.75, 3.05) is 5.32 Å². The Balaban J connectivity index is 2.00. The number of nitrogens with zero attached hydrogens (tertiary/aromatic N) is 5. The molecule has 0 bridgehead atoms. The van der Waals surface area contributed by atoms with Gasteiger partial charge in [-0.05, 0) is 37.3 Å². The third-order valence-electron chi connectivity index (χ3n) is 3.98. The Morgan fingerprint density at radius 1 is 1.08 bits per heavy atom. The fourth-order valence-corrected chi connectivity index (χ4v) is 2.52. The Morgan fingerprint density at radius 2 is 1.77 bits per heavy atom. The summed E-state index contributed by atoms with van der Waals surface area (Å²) in [5.41, 5.74) is 1.05. The van der Waals surface area contributed by atoms with Gasteiger partial charge in [0.15, 0.2) is 11.4 Å². The lowest BCUT2D eigenvalue weighted by Gasteiger charge is -2.14. The predicted octanol–water partition coefficient (Wildman–Crippen LogP) is 1.46. The highest BCUT2D eigenvalue weighted by Crippen LogP contribution is 2.21. The molecule has 0 aliphatic carbocycles. The molecule has 0 saturated carbocycles. The number of aromatic nitrogens is 4. The molecule has 0 unspecified atom stereocenters. The third kappa shape index (κ3) is 2.98. The fraction of sp³-hybridized carbons (Fsp3) is 0.167. The Kier molecular flexibility index (Phi) is 4.37. The number of nitriles is 1. The second-order valence-corrected chi connectivity index (χ2v) is 5.77. The molecule has 0 atom stereocenters. The van der Waals surface area contributed by atoms with Crippen LogP contribution in [0.25, 0.3) is 11.4 Å². The molecule has 26 heavy (non-hydrogen) atoms. The molecule has 1 aromatic carbocycles. The van der Waals surface area contributed by atoms with Crippen LogP contribution in [0.3, 0.4) is 0 Å². The monoisotopic (exact) mass is 348 g/mol. The number of anilines is 2. The van der Waals surface area contributed by atoms with Crippen LogP contribution in [0.2, 0.25) is 0 Å². The van der Waals surface area contributed by atoms with Crippen molar-refractivity contribution in [3.05, 3.63) is 68.6 Å². The molecule has 0 amide bonds. The second-order valence-electron chi connectivity index (χ2n) is 5.77. The van der Waals surface area contributed by atoms with E-state index in [9.17, 15) is 14.9 Å². The Bertz CT molecular complexity index is 1140. The highest BCUT2D eigenvalue weighted by molar-refractivity contribution is 5.66. The molecule has 0 fully saturated rings. The van der Waals surface area contributed by atoms with Gasteiger partial charge in [-0.1, -0.05) is 0 Å². The maximum Gasteiger partial charge on any atom is 0.332 e. The van der Waals surface area contributed by atoms with Crippen LogP contribution < -0.4 is 16.6 Å². The number of rotatable bonds is 3. The van der Waals surface area contributed by atoms with Crippen molar-refractivity contribution < 1.29 is 0 Å². The van der Waals surface area contributed by atoms with Crippen LogP contribution in [0.5, 0.6) is 0 Å². The zero-order chi connectivity index (χ0) is 18.8. The summed E-state index contributed by atoms with van der Waals surface area (Å²) in [6, 6.07) is 10.9. The molecule has 8 nitrogen and oxygen atoms in total. The summed E-state index contributed by atoms with van der Waals surface area (Å²) >= 11 is 0. The Hall–Kier alpha value is -3.73. The maximum atomic E-state index is 12.1. The molecule has 0 spiro atoms. The SMILES string of the molecule is Cc1ccnc(-c2ccc(Nc3c(C#N)c(=O)n(C)c(=O)n3C)cc2)n1. The molecule has 8 heteroatoms. The predicted molar refractivity (Wildman–Crippen MR) is 97.1 cm³/mol. The smallest absolute Gasteiger partial charge is 0.332 e. The highest BCUT2D eigenvalue weighted by Gasteiger charge is 2.15. The van der Waals surface area contributed by atoms with Gasteiger partial charge in [-0.3, -0.25) is 13.9 Å². The molecule has 1 N–H and O–H groups in total. The quantitative estimate of drug-likeness (QED) is 0.768. The standard InChI is InChI=1S/C18H16N6O2/c1-11-8-9-20-15(21-11)12-4-6-13(7-5-12)22-16-14(10-19)17(25)24(3)18(26)23(16)2/h4-9,22H,1-3H3. The van der Waals surface area contributed by atoms with E-state index in [1.807, 2.05) is 31.2 Å². The summed E-state index contributed by atoms with van der Waals surface area (Å²) in [7, 11) is 2.84. The van der Waals surface area contributed by atoms with E-state index >= 15 is 0 Å². The van der Waals surface area contributed by atoms with Gasteiger partial charge >= 0.3 is 5.69 Å². The van der Waals surface area contributed by atoms with E-state index in [1.54, 1.807) is 18.3 Å². The number of hydrogen-bond donors (Lipinski definition) is 1. The lowest BCUT2D eigenvalue weighted by Crippen LogP contribution is -2.39. The fourth-order valence-electron chi connectivity index (χ4n) is 2.52. The molecule has 2 aromatic heterocycles. The van der Waals surface area contributed by atoms with Crippen molar-refractivity contribution in [1.82, 2.24) is 19.1 Å². The molecule has 0 saturated heterocycles. The van der Waals surface area contributed by atoms with E-state index in [4.69, 9.17) is 0 Å². The molecule has 0 aliphatic heterocycles. The largest absolute Gasteiger partial charge is 0.340 e. The molecule has 130 valence electrons. The van der Waals surface area contributed by atoms with Crippen molar-refractivity contribution in [2.45, 2.75) is 6.92 Å². The molecular formula is C18H16N6O2. The Labute approximate surface area is 149 Å². The molecule has 0 radical (unpaired) electrons. The third-order valence-corrected chi connectivity index (χ3v) is 3.98. The van der Waals surface area contributed by atoms with Crippen LogP contribution >= 0.6 is 0 Å². The van der Waals surface area contributed by atoms with Crippen LogP contribution in [0.4, 0.5) is 11.5 Å². The van der Waals surface area contributed by atoms with Gasteiger partial charge in [0, 0.05) is 37.2 Å². The lowest BCUT2D eigenvalue weighted by atomic mass is 10.2. The van der Waals surface area contributed by atoms with E-state index in [2.05, 4.69) is 15.3 Å². The van der Waals surface area contributed by atoms with Gasteiger partial charge in [0.2, 0.25) is 0 Å². The zero-order valence-corrected chi connectivity index (χ0v) is 14.5. The van der Waals surface area contributed by atoms with Gasteiger partial charge in [-0.25, -0.2) is 14.8 Å². The normalized spacial score (nSPS) is 10.4. The van der Waals surface area contributed by atoms with Crippen LogP contribution in [-0.4, -0.2) is 19.1 Å². The average Bonchev–Trinajstić information content (AvgIpc) is 2.65. The van der Waals surface area contributed by atoms with Crippen molar-refractivity contribution in [1.29, 1.82) is 5.26 Å². The average molecular weight is 348 g/mol. The maximum absolute atomic E-state index is 12.1. The van der Waals surface area contributed by atoms with Crippen molar-refractivity contribution in [3.63, 3.8) is 0 Å². The van der Waals surface area contributed by atoms with Gasteiger partial charge in [-0.15, -0.1) is 0 Å². The first-order valence-electron chi connectivity index (χ1n) is 7.79. The van der Waals surface area contributed by atoms with E-state index in [0.29, 0.717) is 11.5 Å². The van der Waals surface area contributed by atoms with Gasteiger partial charge in [-0.2, -0.15) is 5.26 Å². The molecule has 3 aromatic rings. The van der Waals surface area contributed by atoms with Gasteiger partial charge in [0.25, 0.3) is 5.56 Å². The number of nitrogens with one attached hydrogen (secondary N) is 1. The lowest BCUT2D eigenvalue weighted by molar-refractivity contribution is 0.689. The highest BCUT2D eigenvalue weighted by atomic mass is 16.2. The first-order chi connectivity index (χ1) is 12.4. The second kappa shape index (κ2) is 6.64. The van der Waals surface area contributed by atoms with Gasteiger partial charge in [0.05, 0.1) is 0 Å². The van der Waals surface area contributed by atoms with Crippen molar-refractivity contribution >= 4 is 11.5 Å². The summed E-state index contributed by atoms with van der Waals surface area (Å²) in [5.74, 6) is 0.760. The van der Waals surface area contributed by atoms with Crippen LogP contribution in [0.1, 0.15) is 11.3 Å². The Morgan fingerprint density at radius 3 is 2.38 bits per heavy atom. The number of aryl methyl sites for hydroxylation is 1. The minimum Gasteiger partial charge on any atom is -0.340 e. The van der Waals surface area contributed by atoms with Gasteiger partial charge in [0.1, 0.15) is 11.9 Å². The van der Waals surface area contributed by atoms with Crippen LogP contribution in [0, 0.1) is 18.3 Å². The molecular weight excluding hydrogens is 332 g/mol. The van der Waals surface area contributed by atoms with Crippen molar-refractivity contribution in [3.8, 4) is 17.5 Å². The van der Waals surface area contributed by atoms with E-state index in [-0.39, 0.29) is 11.4 Å². The minimum atomic E-state index is -0.636. The van der Waals surface area contributed by atoms with Crippen LogP contribution in [0.15, 0.2) is 46.1 Å². The van der Waals surface area contributed by atoms with Gasteiger partial charge < -0.3 is 5.32 Å². The molecule has 3 rings (SSSR count). The summed E-state index contributed by atoms with van der Waals surface area (Å²) in [6.45, 7) is 1.89. The van der Waals surface area contributed by atoms with E-state index in [1.165, 1.54) is 18.7 Å². The summed E-state index contributed by atoms with van der Waals surface area (Å²) < 4.78 is 2.14. The van der Waals surface area contributed by atoms with E-state index < -0.39 is 11.2 Å². The first-order valence-corrected chi connectivity index (χ1v) is 7.79. The molecule has 2 heterocycles.